The van der Waals surface area contributed by atoms with Crippen molar-refractivity contribution < 1.29 is 4.74 Å². The van der Waals surface area contributed by atoms with Crippen LogP contribution in [0.15, 0.2) is 12.4 Å². The van der Waals surface area contributed by atoms with E-state index in [4.69, 9.17) is 4.74 Å². The molecule has 1 aliphatic carbocycles. The average Bonchev–Trinajstić information content (AvgIpc) is 3.14. The predicted octanol–water partition coefficient (Wildman–Crippen LogP) is 1.94. The zero-order valence-electron chi connectivity index (χ0n) is 9.94. The average molecular weight is 221 g/mol. The van der Waals surface area contributed by atoms with E-state index in [9.17, 15) is 0 Å². The lowest BCUT2D eigenvalue weighted by molar-refractivity contribution is 0.393. The maximum absolute atomic E-state index is 5.11. The van der Waals surface area contributed by atoms with Crippen LogP contribution in [0.3, 0.4) is 0 Å². The molecule has 2 rings (SSSR count). The van der Waals surface area contributed by atoms with Crippen molar-refractivity contribution in [1.29, 1.82) is 0 Å². The Labute approximate surface area is 96.4 Å². The molecule has 0 radical (unpaired) electrons. The molecule has 0 amide bonds. The molecule has 1 N–H and O–H groups in total. The normalized spacial score (nSPS) is 17.1. The molecule has 1 aliphatic rings. The van der Waals surface area contributed by atoms with Gasteiger partial charge >= 0.3 is 0 Å². The van der Waals surface area contributed by atoms with E-state index in [1.165, 1.54) is 19.3 Å². The van der Waals surface area contributed by atoms with Crippen molar-refractivity contribution >= 4 is 0 Å². The fourth-order valence-electron chi connectivity index (χ4n) is 1.90. The van der Waals surface area contributed by atoms with E-state index >= 15 is 0 Å². The first-order chi connectivity index (χ1) is 7.83. The van der Waals surface area contributed by atoms with Gasteiger partial charge in [-0.3, -0.25) is 0 Å². The van der Waals surface area contributed by atoms with Gasteiger partial charge in [0.05, 0.1) is 12.8 Å². The number of hydrogen-bond acceptors (Lipinski definition) is 4. The Morgan fingerprint density at radius 2 is 2.31 bits per heavy atom. The largest absolute Gasteiger partial charge is 0.481 e. The molecule has 1 atom stereocenters. The molecule has 0 spiro atoms. The summed E-state index contributed by atoms with van der Waals surface area (Å²) in [5.41, 5.74) is 1.02. The van der Waals surface area contributed by atoms with Gasteiger partial charge in [-0.2, -0.15) is 0 Å². The summed E-state index contributed by atoms with van der Waals surface area (Å²) in [7, 11) is 3.61. The van der Waals surface area contributed by atoms with Gasteiger partial charge < -0.3 is 10.1 Å². The molecular formula is C12H19N3O. The van der Waals surface area contributed by atoms with Crippen LogP contribution in [0.25, 0.3) is 0 Å². The Bertz CT molecular complexity index is 339. The molecule has 0 bridgehead atoms. The zero-order chi connectivity index (χ0) is 11.4. The smallest absolute Gasteiger partial charge is 0.216 e. The van der Waals surface area contributed by atoms with Gasteiger partial charge in [0.1, 0.15) is 6.33 Å². The van der Waals surface area contributed by atoms with Crippen LogP contribution in [0, 0.1) is 5.92 Å². The quantitative estimate of drug-likeness (QED) is 0.797. The Morgan fingerprint density at radius 3 is 2.94 bits per heavy atom. The molecule has 1 unspecified atom stereocenters. The minimum absolute atomic E-state index is 0.317. The Hall–Kier alpha value is -1.16. The second-order valence-corrected chi connectivity index (χ2v) is 4.35. The second-order valence-electron chi connectivity index (χ2n) is 4.35. The molecule has 1 fully saturated rings. The van der Waals surface area contributed by atoms with E-state index in [1.54, 1.807) is 13.4 Å². The highest BCUT2D eigenvalue weighted by molar-refractivity contribution is 5.16. The van der Waals surface area contributed by atoms with Gasteiger partial charge in [0.25, 0.3) is 0 Å². The van der Waals surface area contributed by atoms with Gasteiger partial charge in [0.2, 0.25) is 5.88 Å². The fourth-order valence-corrected chi connectivity index (χ4v) is 1.90. The van der Waals surface area contributed by atoms with Crippen molar-refractivity contribution in [2.45, 2.75) is 31.7 Å². The summed E-state index contributed by atoms with van der Waals surface area (Å²) in [5.74, 6) is 1.59. The summed E-state index contributed by atoms with van der Waals surface area (Å²) >= 11 is 0. The minimum atomic E-state index is 0.317. The van der Waals surface area contributed by atoms with Gasteiger partial charge in [0, 0.05) is 12.1 Å². The Balaban J connectivity index is 1.99. The van der Waals surface area contributed by atoms with Gasteiger partial charge in [-0.1, -0.05) is 12.8 Å². The van der Waals surface area contributed by atoms with Gasteiger partial charge in [-0.25, -0.2) is 9.97 Å². The molecule has 1 heterocycles. The first kappa shape index (κ1) is 11.3. The maximum Gasteiger partial charge on any atom is 0.216 e. The number of rotatable bonds is 6. The molecule has 1 aromatic rings. The highest BCUT2D eigenvalue weighted by Crippen LogP contribution is 2.35. The SMILES string of the molecule is CNC(CCC1CC1)c1cc(OC)ncn1. The Morgan fingerprint density at radius 1 is 1.50 bits per heavy atom. The van der Waals surface area contributed by atoms with Crippen molar-refractivity contribution in [1.82, 2.24) is 15.3 Å². The molecule has 4 heteroatoms. The lowest BCUT2D eigenvalue weighted by Crippen LogP contribution is -2.18. The summed E-state index contributed by atoms with van der Waals surface area (Å²) in [5, 5.41) is 3.31. The van der Waals surface area contributed by atoms with Crippen LogP contribution in [0.1, 0.15) is 37.4 Å². The van der Waals surface area contributed by atoms with Crippen LogP contribution >= 0.6 is 0 Å². The number of methoxy groups -OCH3 is 1. The van der Waals surface area contributed by atoms with E-state index in [0.29, 0.717) is 11.9 Å². The van der Waals surface area contributed by atoms with Crippen molar-refractivity contribution in [3.63, 3.8) is 0 Å². The van der Waals surface area contributed by atoms with Gasteiger partial charge in [0.15, 0.2) is 0 Å². The molecule has 88 valence electrons. The number of ether oxygens (including phenoxy) is 1. The molecule has 4 nitrogen and oxygen atoms in total. The molecule has 16 heavy (non-hydrogen) atoms. The second kappa shape index (κ2) is 5.25. The third kappa shape index (κ3) is 2.92. The lowest BCUT2D eigenvalue weighted by Gasteiger charge is -2.15. The van der Waals surface area contributed by atoms with Crippen LogP contribution in [0.2, 0.25) is 0 Å². The maximum atomic E-state index is 5.11. The monoisotopic (exact) mass is 221 g/mol. The van der Waals surface area contributed by atoms with Crippen molar-refractivity contribution in [2.24, 2.45) is 5.92 Å². The van der Waals surface area contributed by atoms with E-state index in [2.05, 4.69) is 15.3 Å². The standard InChI is InChI=1S/C12H19N3O/c1-13-10(6-5-9-3-4-9)11-7-12(16-2)15-8-14-11/h7-10,13H,3-6H2,1-2H3. The van der Waals surface area contributed by atoms with E-state index in [0.717, 1.165) is 18.0 Å². The molecule has 0 aliphatic heterocycles. The summed E-state index contributed by atoms with van der Waals surface area (Å²) < 4.78 is 5.11. The number of aromatic nitrogens is 2. The highest BCUT2D eigenvalue weighted by atomic mass is 16.5. The molecular weight excluding hydrogens is 202 g/mol. The third-order valence-corrected chi connectivity index (χ3v) is 3.14. The van der Waals surface area contributed by atoms with E-state index < -0.39 is 0 Å². The first-order valence-corrected chi connectivity index (χ1v) is 5.86. The van der Waals surface area contributed by atoms with Crippen molar-refractivity contribution in [2.75, 3.05) is 14.2 Å². The highest BCUT2D eigenvalue weighted by Gasteiger charge is 2.23. The number of nitrogens with one attached hydrogen (secondary N) is 1. The summed E-state index contributed by atoms with van der Waals surface area (Å²) in [6.45, 7) is 0. The van der Waals surface area contributed by atoms with Crippen molar-refractivity contribution in [3.05, 3.63) is 18.1 Å². The van der Waals surface area contributed by atoms with Crippen LogP contribution in [0.5, 0.6) is 5.88 Å². The molecule has 1 aromatic heterocycles. The number of nitrogens with zero attached hydrogens (tertiary/aromatic N) is 2. The predicted molar refractivity (Wildman–Crippen MR) is 62.3 cm³/mol. The van der Waals surface area contributed by atoms with Crippen LogP contribution < -0.4 is 10.1 Å². The zero-order valence-corrected chi connectivity index (χ0v) is 9.94. The fraction of sp³-hybridized carbons (Fsp3) is 0.667. The summed E-state index contributed by atoms with van der Waals surface area (Å²) in [6.07, 6.45) is 6.81. The topological polar surface area (TPSA) is 47.0 Å². The van der Waals surface area contributed by atoms with Gasteiger partial charge in [-0.15, -0.1) is 0 Å². The van der Waals surface area contributed by atoms with Crippen molar-refractivity contribution in [3.8, 4) is 5.88 Å². The summed E-state index contributed by atoms with van der Waals surface area (Å²) in [4.78, 5) is 8.32. The van der Waals surface area contributed by atoms with Gasteiger partial charge in [-0.05, 0) is 25.8 Å². The van der Waals surface area contributed by atoms with Crippen LogP contribution in [-0.4, -0.2) is 24.1 Å². The Kier molecular flexibility index (Phi) is 3.72. The molecule has 0 saturated heterocycles. The summed E-state index contributed by atoms with van der Waals surface area (Å²) in [6, 6.07) is 2.23. The van der Waals surface area contributed by atoms with Crippen LogP contribution in [0.4, 0.5) is 0 Å². The van der Waals surface area contributed by atoms with Crippen LogP contribution in [-0.2, 0) is 0 Å². The minimum Gasteiger partial charge on any atom is -0.481 e. The van der Waals surface area contributed by atoms with E-state index in [-0.39, 0.29) is 0 Å². The number of hydrogen-bond donors (Lipinski definition) is 1. The molecule has 0 aromatic carbocycles. The lowest BCUT2D eigenvalue weighted by atomic mass is 10.1. The molecule has 1 saturated carbocycles. The first-order valence-electron chi connectivity index (χ1n) is 5.86. The third-order valence-electron chi connectivity index (χ3n) is 3.14. The van der Waals surface area contributed by atoms with E-state index in [1.807, 2.05) is 13.1 Å².